The first-order valence-electron chi connectivity index (χ1n) is 5.81. The summed E-state index contributed by atoms with van der Waals surface area (Å²) in [5.41, 5.74) is 0. The van der Waals surface area contributed by atoms with Crippen molar-refractivity contribution in [3.8, 4) is 11.6 Å². The molecule has 0 amide bonds. The van der Waals surface area contributed by atoms with Crippen LogP contribution in [0.4, 0.5) is 4.39 Å². The van der Waals surface area contributed by atoms with Crippen LogP contribution in [0.5, 0.6) is 11.6 Å². The number of ether oxygens (including phenoxy) is 1. The second-order valence-corrected chi connectivity index (χ2v) is 5.84. The Bertz CT molecular complexity index is 792. The Hall–Kier alpha value is -1.46. The van der Waals surface area contributed by atoms with Crippen molar-refractivity contribution in [3.05, 3.63) is 63.4 Å². The molecular formula is C15H8Br2FNO. The van der Waals surface area contributed by atoms with Crippen LogP contribution in [0, 0.1) is 5.82 Å². The fourth-order valence-electron chi connectivity index (χ4n) is 1.88. The van der Waals surface area contributed by atoms with Crippen molar-refractivity contribution in [2.24, 2.45) is 0 Å². The predicted octanol–water partition coefficient (Wildman–Crippen LogP) is 5.69. The molecule has 5 heteroatoms. The highest BCUT2D eigenvalue weighted by atomic mass is 79.9. The van der Waals surface area contributed by atoms with E-state index in [9.17, 15) is 4.39 Å². The second kappa shape index (κ2) is 5.50. The van der Waals surface area contributed by atoms with Gasteiger partial charge in [0.25, 0.3) is 0 Å². The number of benzene rings is 2. The third-order valence-corrected chi connectivity index (χ3v) is 4.16. The quantitative estimate of drug-likeness (QED) is 0.555. The smallest absolute Gasteiger partial charge is 0.227 e. The van der Waals surface area contributed by atoms with Crippen molar-refractivity contribution in [1.29, 1.82) is 0 Å². The molecule has 0 aliphatic heterocycles. The van der Waals surface area contributed by atoms with Gasteiger partial charge >= 0.3 is 0 Å². The highest BCUT2D eigenvalue weighted by Gasteiger charge is 2.08. The van der Waals surface area contributed by atoms with E-state index in [1.54, 1.807) is 18.3 Å². The standard InChI is InChI=1S/C15H8Br2FNO/c16-12-3-1-2-11-10(12)6-7-19-15(11)20-9-4-5-13(17)14(18)8-9/h1-8H. The third kappa shape index (κ3) is 2.55. The van der Waals surface area contributed by atoms with E-state index in [-0.39, 0.29) is 5.82 Å². The van der Waals surface area contributed by atoms with Gasteiger partial charge < -0.3 is 4.74 Å². The van der Waals surface area contributed by atoms with E-state index >= 15 is 0 Å². The molecule has 0 aliphatic rings. The van der Waals surface area contributed by atoms with Gasteiger partial charge in [-0.15, -0.1) is 0 Å². The van der Waals surface area contributed by atoms with Crippen LogP contribution in [0.2, 0.25) is 0 Å². The number of hydrogen-bond donors (Lipinski definition) is 0. The van der Waals surface area contributed by atoms with Crippen LogP contribution in [-0.2, 0) is 0 Å². The summed E-state index contributed by atoms with van der Waals surface area (Å²) >= 11 is 6.60. The monoisotopic (exact) mass is 395 g/mol. The minimum Gasteiger partial charge on any atom is -0.438 e. The average Bonchev–Trinajstić information content (AvgIpc) is 2.44. The van der Waals surface area contributed by atoms with Crippen LogP contribution in [0.15, 0.2) is 57.6 Å². The van der Waals surface area contributed by atoms with Gasteiger partial charge in [0.2, 0.25) is 5.88 Å². The predicted molar refractivity (Wildman–Crippen MR) is 83.6 cm³/mol. The van der Waals surface area contributed by atoms with Gasteiger partial charge in [0.1, 0.15) is 11.6 Å². The molecule has 0 unspecified atom stereocenters. The minimum absolute atomic E-state index is 0.371. The second-order valence-electron chi connectivity index (χ2n) is 4.13. The van der Waals surface area contributed by atoms with Crippen molar-refractivity contribution in [1.82, 2.24) is 4.98 Å². The molecule has 0 atom stereocenters. The summed E-state index contributed by atoms with van der Waals surface area (Å²) in [6.07, 6.45) is 1.66. The Kier molecular flexibility index (Phi) is 3.72. The highest BCUT2D eigenvalue weighted by molar-refractivity contribution is 9.11. The fourth-order valence-corrected chi connectivity index (χ4v) is 2.62. The first-order valence-corrected chi connectivity index (χ1v) is 7.40. The van der Waals surface area contributed by atoms with Crippen LogP contribution in [0.3, 0.4) is 0 Å². The molecule has 0 radical (unpaired) electrons. The summed E-state index contributed by atoms with van der Waals surface area (Å²) < 4.78 is 20.6. The first kappa shape index (κ1) is 13.5. The van der Waals surface area contributed by atoms with Gasteiger partial charge in [-0.1, -0.05) is 22.0 Å². The van der Waals surface area contributed by atoms with Gasteiger partial charge in [-0.25, -0.2) is 9.37 Å². The van der Waals surface area contributed by atoms with Crippen molar-refractivity contribution < 1.29 is 9.13 Å². The molecule has 3 rings (SSSR count). The Labute approximate surface area is 131 Å². The summed E-state index contributed by atoms with van der Waals surface area (Å²) in [6.45, 7) is 0. The molecule has 1 aromatic heterocycles. The van der Waals surface area contributed by atoms with Gasteiger partial charge in [-0.05, 0) is 46.3 Å². The van der Waals surface area contributed by atoms with E-state index in [0.29, 0.717) is 16.1 Å². The number of hydrogen-bond acceptors (Lipinski definition) is 2. The van der Waals surface area contributed by atoms with E-state index in [1.165, 1.54) is 6.07 Å². The number of halogens is 3. The van der Waals surface area contributed by atoms with Crippen molar-refractivity contribution in [2.75, 3.05) is 0 Å². The number of fused-ring (bicyclic) bond motifs is 1. The topological polar surface area (TPSA) is 22.1 Å². The van der Waals surface area contributed by atoms with Gasteiger partial charge in [0.05, 0.1) is 4.47 Å². The Balaban J connectivity index is 2.06. The van der Waals surface area contributed by atoms with Gasteiger partial charge in [-0.3, -0.25) is 0 Å². The maximum atomic E-state index is 13.5. The van der Waals surface area contributed by atoms with Crippen molar-refractivity contribution in [2.45, 2.75) is 0 Å². The molecule has 1 heterocycles. The summed E-state index contributed by atoms with van der Waals surface area (Å²) in [7, 11) is 0. The average molecular weight is 397 g/mol. The van der Waals surface area contributed by atoms with Gasteiger partial charge in [-0.2, -0.15) is 0 Å². The molecule has 0 N–H and O–H groups in total. The molecule has 0 saturated carbocycles. The molecule has 0 bridgehead atoms. The summed E-state index contributed by atoms with van der Waals surface area (Å²) in [6, 6.07) is 12.3. The van der Waals surface area contributed by atoms with E-state index in [2.05, 4.69) is 36.8 Å². The first-order chi connectivity index (χ1) is 9.65. The molecule has 0 saturated heterocycles. The molecule has 3 aromatic rings. The molecular weight excluding hydrogens is 389 g/mol. The lowest BCUT2D eigenvalue weighted by molar-refractivity contribution is 0.463. The van der Waals surface area contributed by atoms with Crippen LogP contribution < -0.4 is 4.74 Å². The van der Waals surface area contributed by atoms with Crippen LogP contribution >= 0.6 is 31.9 Å². The van der Waals surface area contributed by atoms with Crippen molar-refractivity contribution in [3.63, 3.8) is 0 Å². The third-order valence-electron chi connectivity index (χ3n) is 2.82. The zero-order valence-electron chi connectivity index (χ0n) is 10.1. The molecule has 20 heavy (non-hydrogen) atoms. The lowest BCUT2D eigenvalue weighted by Crippen LogP contribution is -1.90. The Morgan fingerprint density at radius 1 is 0.950 bits per heavy atom. The molecule has 0 fully saturated rings. The SMILES string of the molecule is Fc1cc(Oc2nccc3c(Br)cccc23)ccc1Br. The summed E-state index contributed by atoms with van der Waals surface area (Å²) in [4.78, 5) is 4.22. The molecule has 100 valence electrons. The fraction of sp³-hybridized carbons (Fsp3) is 0. The normalized spacial score (nSPS) is 10.8. The number of pyridine rings is 1. The van der Waals surface area contributed by atoms with Crippen molar-refractivity contribution >= 4 is 42.6 Å². The lowest BCUT2D eigenvalue weighted by atomic mass is 10.2. The van der Waals surface area contributed by atoms with Crippen LogP contribution in [-0.4, -0.2) is 4.98 Å². The molecule has 2 aromatic carbocycles. The lowest BCUT2D eigenvalue weighted by Gasteiger charge is -2.09. The van der Waals surface area contributed by atoms with Gasteiger partial charge in [0, 0.05) is 27.5 Å². The zero-order valence-corrected chi connectivity index (χ0v) is 13.3. The Morgan fingerprint density at radius 3 is 2.60 bits per heavy atom. The minimum atomic E-state index is -0.371. The summed E-state index contributed by atoms with van der Waals surface area (Å²) in [5, 5.41) is 1.86. The van der Waals surface area contributed by atoms with E-state index in [0.717, 1.165) is 15.2 Å². The molecule has 0 aliphatic carbocycles. The van der Waals surface area contributed by atoms with Crippen LogP contribution in [0.25, 0.3) is 10.8 Å². The van der Waals surface area contributed by atoms with Gasteiger partial charge in [0.15, 0.2) is 0 Å². The zero-order chi connectivity index (χ0) is 14.1. The largest absolute Gasteiger partial charge is 0.438 e. The van der Waals surface area contributed by atoms with Crippen LogP contribution in [0.1, 0.15) is 0 Å². The molecule has 0 spiro atoms. The summed E-state index contributed by atoms with van der Waals surface area (Å²) in [5.74, 6) is 0.486. The Morgan fingerprint density at radius 2 is 1.80 bits per heavy atom. The molecule has 2 nitrogen and oxygen atoms in total. The maximum absolute atomic E-state index is 13.5. The van der Waals surface area contributed by atoms with E-state index in [1.807, 2.05) is 24.3 Å². The van der Waals surface area contributed by atoms with E-state index < -0.39 is 0 Å². The highest BCUT2D eigenvalue weighted by Crippen LogP contribution is 2.32. The maximum Gasteiger partial charge on any atom is 0.227 e. The van der Waals surface area contributed by atoms with E-state index in [4.69, 9.17) is 4.74 Å². The number of nitrogens with zero attached hydrogens (tertiary/aromatic N) is 1. The number of aromatic nitrogens is 1. The number of rotatable bonds is 2.